The Morgan fingerprint density at radius 1 is 0.875 bits per heavy atom. The lowest BCUT2D eigenvalue weighted by atomic mass is 10.1. The van der Waals surface area contributed by atoms with E-state index in [4.69, 9.17) is 0 Å². The zero-order chi connectivity index (χ0) is 23.0. The highest BCUT2D eigenvalue weighted by atomic mass is 19.4. The van der Waals surface area contributed by atoms with Crippen LogP contribution in [-0.4, -0.2) is 34.1 Å². The number of aromatic nitrogens is 2. The Morgan fingerprint density at radius 3 is 2.16 bits per heavy atom. The number of halogens is 3. The zero-order valence-electron chi connectivity index (χ0n) is 19.2. The first-order valence-corrected chi connectivity index (χ1v) is 11.7. The van der Waals surface area contributed by atoms with Gasteiger partial charge in [0.1, 0.15) is 5.82 Å². The van der Waals surface area contributed by atoms with Gasteiger partial charge in [-0.15, -0.1) is 0 Å². The number of nitrogens with zero attached hydrogens (tertiary/aromatic N) is 3. The minimum Gasteiger partial charge on any atom is -0.328 e. The summed E-state index contributed by atoms with van der Waals surface area (Å²) in [6, 6.07) is 13.9. The number of imidazole rings is 1. The molecular formula is C26H34F3N3. The Hall–Kier alpha value is -2.34. The molecule has 0 saturated heterocycles. The Kier molecular flexibility index (Phi) is 8.74. The van der Waals surface area contributed by atoms with E-state index in [1.807, 2.05) is 30.3 Å². The van der Waals surface area contributed by atoms with E-state index in [-0.39, 0.29) is 0 Å². The molecule has 174 valence electrons. The summed E-state index contributed by atoms with van der Waals surface area (Å²) in [6.45, 7) is 8.37. The molecule has 0 radical (unpaired) electrons. The van der Waals surface area contributed by atoms with E-state index in [1.54, 1.807) is 6.07 Å². The predicted octanol–water partition coefficient (Wildman–Crippen LogP) is 6.94. The van der Waals surface area contributed by atoms with Crippen LogP contribution < -0.4 is 0 Å². The molecule has 2 aromatic carbocycles. The molecule has 0 N–H and O–H groups in total. The largest absolute Gasteiger partial charge is 0.416 e. The van der Waals surface area contributed by atoms with E-state index in [0.29, 0.717) is 11.9 Å². The molecule has 3 nitrogen and oxygen atoms in total. The van der Waals surface area contributed by atoms with Crippen molar-refractivity contribution >= 4 is 11.0 Å². The smallest absolute Gasteiger partial charge is 0.328 e. The number of aryl methyl sites for hydroxylation is 1. The van der Waals surface area contributed by atoms with Crippen molar-refractivity contribution in [3.8, 4) is 0 Å². The van der Waals surface area contributed by atoms with Crippen LogP contribution in [0.25, 0.3) is 11.0 Å². The van der Waals surface area contributed by atoms with Gasteiger partial charge >= 0.3 is 6.18 Å². The number of unbranched alkanes of at least 4 members (excludes halogenated alkanes) is 2. The molecule has 0 unspecified atom stereocenters. The summed E-state index contributed by atoms with van der Waals surface area (Å²) in [7, 11) is 0. The fourth-order valence-corrected chi connectivity index (χ4v) is 4.07. The van der Waals surface area contributed by atoms with Crippen LogP contribution in [0.15, 0.2) is 48.5 Å². The first kappa shape index (κ1) is 24.3. The number of benzene rings is 2. The summed E-state index contributed by atoms with van der Waals surface area (Å²) in [5, 5.41) is 0. The van der Waals surface area contributed by atoms with Crippen LogP contribution in [0.3, 0.4) is 0 Å². The molecule has 0 aliphatic heterocycles. The van der Waals surface area contributed by atoms with Gasteiger partial charge in [0, 0.05) is 13.0 Å². The molecule has 0 spiro atoms. The molecule has 0 atom stereocenters. The maximum atomic E-state index is 13.2. The highest BCUT2D eigenvalue weighted by Gasteiger charge is 2.31. The van der Waals surface area contributed by atoms with E-state index >= 15 is 0 Å². The van der Waals surface area contributed by atoms with Gasteiger partial charge in [-0.1, -0.05) is 57.0 Å². The summed E-state index contributed by atoms with van der Waals surface area (Å²) < 4.78 is 41.8. The number of alkyl halides is 3. The number of rotatable bonds is 12. The summed E-state index contributed by atoms with van der Waals surface area (Å²) >= 11 is 0. The second kappa shape index (κ2) is 11.5. The monoisotopic (exact) mass is 445 g/mol. The predicted molar refractivity (Wildman–Crippen MR) is 125 cm³/mol. The van der Waals surface area contributed by atoms with E-state index < -0.39 is 11.7 Å². The van der Waals surface area contributed by atoms with Gasteiger partial charge in [0.25, 0.3) is 0 Å². The van der Waals surface area contributed by atoms with E-state index in [2.05, 4.69) is 28.3 Å². The molecular weight excluding hydrogens is 411 g/mol. The van der Waals surface area contributed by atoms with Crippen molar-refractivity contribution in [3.63, 3.8) is 0 Å². The average molecular weight is 446 g/mol. The third kappa shape index (κ3) is 6.58. The summed E-state index contributed by atoms with van der Waals surface area (Å²) in [4.78, 5) is 7.15. The molecule has 3 rings (SSSR count). The van der Waals surface area contributed by atoms with E-state index in [9.17, 15) is 13.2 Å². The molecule has 0 amide bonds. The molecule has 3 aromatic rings. The minimum absolute atomic E-state index is 0.416. The van der Waals surface area contributed by atoms with Gasteiger partial charge in [-0.2, -0.15) is 13.2 Å². The highest BCUT2D eigenvalue weighted by molar-refractivity contribution is 5.77. The SMILES string of the molecule is CCCCN(CCCC)CCCn1c(Cc2ccccc2)nc2cc(C(F)(F)F)ccc21. The molecule has 1 aromatic heterocycles. The summed E-state index contributed by atoms with van der Waals surface area (Å²) in [5.74, 6) is 0.819. The zero-order valence-corrected chi connectivity index (χ0v) is 19.2. The lowest BCUT2D eigenvalue weighted by Gasteiger charge is -2.22. The maximum Gasteiger partial charge on any atom is 0.416 e. The van der Waals surface area contributed by atoms with Crippen LogP contribution in [0, 0.1) is 0 Å². The Balaban J connectivity index is 1.82. The second-order valence-corrected chi connectivity index (χ2v) is 8.45. The van der Waals surface area contributed by atoms with Crippen LogP contribution in [0.4, 0.5) is 13.2 Å². The third-order valence-electron chi connectivity index (χ3n) is 5.87. The normalized spacial score (nSPS) is 12.2. The van der Waals surface area contributed by atoms with Crippen molar-refractivity contribution < 1.29 is 13.2 Å². The van der Waals surface area contributed by atoms with Gasteiger partial charge in [0.05, 0.1) is 16.6 Å². The lowest BCUT2D eigenvalue weighted by Crippen LogP contribution is -2.28. The molecule has 0 aliphatic carbocycles. The quantitative estimate of drug-likeness (QED) is 0.301. The minimum atomic E-state index is -4.36. The molecule has 0 aliphatic rings. The fourth-order valence-electron chi connectivity index (χ4n) is 4.07. The molecule has 32 heavy (non-hydrogen) atoms. The second-order valence-electron chi connectivity index (χ2n) is 8.45. The van der Waals surface area contributed by atoms with Crippen LogP contribution >= 0.6 is 0 Å². The summed E-state index contributed by atoms with van der Waals surface area (Å²) in [6.07, 6.45) is 1.92. The van der Waals surface area contributed by atoms with Crippen LogP contribution in [0.5, 0.6) is 0 Å². The first-order valence-electron chi connectivity index (χ1n) is 11.7. The standard InChI is InChI=1S/C26H34F3N3/c1-3-5-15-31(16-6-4-2)17-10-18-32-24-14-13-22(26(27,28)29)20-23(24)30-25(32)19-21-11-8-7-9-12-21/h7-9,11-14,20H,3-6,10,15-19H2,1-2H3. The molecule has 6 heteroatoms. The molecule has 0 bridgehead atoms. The van der Waals surface area contributed by atoms with Crippen molar-refractivity contribution in [3.05, 3.63) is 65.5 Å². The lowest BCUT2D eigenvalue weighted by molar-refractivity contribution is -0.137. The van der Waals surface area contributed by atoms with Crippen LogP contribution in [-0.2, 0) is 19.1 Å². The Labute approximate surface area is 189 Å². The van der Waals surface area contributed by atoms with Gasteiger partial charge in [-0.3, -0.25) is 0 Å². The van der Waals surface area contributed by atoms with Gasteiger partial charge in [-0.05, 0) is 62.7 Å². The average Bonchev–Trinajstić information content (AvgIpc) is 3.11. The third-order valence-corrected chi connectivity index (χ3v) is 5.87. The van der Waals surface area contributed by atoms with Crippen LogP contribution in [0.2, 0.25) is 0 Å². The van der Waals surface area contributed by atoms with E-state index in [0.717, 1.165) is 49.5 Å². The first-order chi connectivity index (χ1) is 15.4. The van der Waals surface area contributed by atoms with Crippen molar-refractivity contribution in [2.75, 3.05) is 19.6 Å². The van der Waals surface area contributed by atoms with Gasteiger partial charge in [0.2, 0.25) is 0 Å². The van der Waals surface area contributed by atoms with E-state index in [1.165, 1.54) is 37.8 Å². The van der Waals surface area contributed by atoms with Crippen molar-refractivity contribution in [2.24, 2.45) is 0 Å². The summed E-state index contributed by atoms with van der Waals surface area (Å²) in [5.41, 5.74) is 1.65. The van der Waals surface area contributed by atoms with Gasteiger partial charge in [-0.25, -0.2) is 4.98 Å². The number of hydrogen-bond acceptors (Lipinski definition) is 2. The molecule has 0 saturated carbocycles. The van der Waals surface area contributed by atoms with Crippen molar-refractivity contribution in [2.45, 2.75) is 65.1 Å². The van der Waals surface area contributed by atoms with Gasteiger partial charge < -0.3 is 9.47 Å². The fraction of sp³-hybridized carbons (Fsp3) is 0.500. The van der Waals surface area contributed by atoms with Crippen molar-refractivity contribution in [1.29, 1.82) is 0 Å². The molecule has 0 fully saturated rings. The Bertz CT molecular complexity index is 956. The van der Waals surface area contributed by atoms with Crippen molar-refractivity contribution in [1.82, 2.24) is 14.5 Å². The highest BCUT2D eigenvalue weighted by Crippen LogP contribution is 2.32. The number of fused-ring (bicyclic) bond motifs is 1. The maximum absolute atomic E-state index is 13.2. The Morgan fingerprint density at radius 2 is 1.53 bits per heavy atom. The molecule has 1 heterocycles. The number of hydrogen-bond donors (Lipinski definition) is 0. The topological polar surface area (TPSA) is 21.1 Å². The van der Waals surface area contributed by atoms with Crippen LogP contribution in [0.1, 0.15) is 62.9 Å². The van der Waals surface area contributed by atoms with Gasteiger partial charge in [0.15, 0.2) is 0 Å².